The molecule has 3 heteroatoms. The fourth-order valence-corrected chi connectivity index (χ4v) is 1.20. The molecule has 0 aliphatic rings. The van der Waals surface area contributed by atoms with Crippen LogP contribution in [-0.2, 0) is 0 Å². The SMILES string of the molecule is Cc1cc(F)ccc1C(=O)C(C)C#N. The summed E-state index contributed by atoms with van der Waals surface area (Å²) in [5, 5.41) is 8.57. The van der Waals surface area contributed by atoms with Crippen molar-refractivity contribution in [3.63, 3.8) is 0 Å². The van der Waals surface area contributed by atoms with Gasteiger partial charge in [0.05, 0.1) is 6.07 Å². The van der Waals surface area contributed by atoms with Crippen molar-refractivity contribution >= 4 is 5.78 Å². The van der Waals surface area contributed by atoms with Gasteiger partial charge in [0, 0.05) is 5.56 Å². The molecule has 1 aromatic carbocycles. The van der Waals surface area contributed by atoms with Crippen LogP contribution in [0.2, 0.25) is 0 Å². The Labute approximate surface area is 82.0 Å². The lowest BCUT2D eigenvalue weighted by atomic mass is 9.97. The van der Waals surface area contributed by atoms with Crippen LogP contribution in [0.1, 0.15) is 22.8 Å². The first-order valence-electron chi connectivity index (χ1n) is 4.26. The minimum atomic E-state index is -0.681. The number of ketones is 1. The highest BCUT2D eigenvalue weighted by atomic mass is 19.1. The number of nitriles is 1. The van der Waals surface area contributed by atoms with Gasteiger partial charge in [0.2, 0.25) is 0 Å². The van der Waals surface area contributed by atoms with E-state index >= 15 is 0 Å². The highest BCUT2D eigenvalue weighted by Crippen LogP contribution is 2.14. The predicted octanol–water partition coefficient (Wildman–Crippen LogP) is 2.48. The number of rotatable bonds is 2. The molecule has 1 rings (SSSR count). The van der Waals surface area contributed by atoms with Crippen LogP contribution in [0.4, 0.5) is 4.39 Å². The van der Waals surface area contributed by atoms with E-state index in [4.69, 9.17) is 5.26 Å². The third-order valence-corrected chi connectivity index (χ3v) is 2.04. The fourth-order valence-electron chi connectivity index (χ4n) is 1.20. The van der Waals surface area contributed by atoms with Crippen molar-refractivity contribution < 1.29 is 9.18 Å². The maximum Gasteiger partial charge on any atom is 0.179 e. The van der Waals surface area contributed by atoms with Gasteiger partial charge in [0.15, 0.2) is 5.78 Å². The standard InChI is InChI=1S/C11H10FNO/c1-7-5-9(12)3-4-10(7)11(14)8(2)6-13/h3-5,8H,1-2H3. The van der Waals surface area contributed by atoms with Gasteiger partial charge in [-0.3, -0.25) is 4.79 Å². The molecule has 0 bridgehead atoms. The molecule has 0 heterocycles. The quantitative estimate of drug-likeness (QED) is 0.674. The largest absolute Gasteiger partial charge is 0.293 e. The normalized spacial score (nSPS) is 11.9. The van der Waals surface area contributed by atoms with Crippen LogP contribution in [0, 0.1) is 30.0 Å². The molecule has 2 nitrogen and oxygen atoms in total. The minimum absolute atomic E-state index is 0.259. The number of halogens is 1. The molecule has 0 radical (unpaired) electrons. The number of benzene rings is 1. The van der Waals surface area contributed by atoms with Gasteiger partial charge in [0.1, 0.15) is 11.7 Å². The molecule has 0 N–H and O–H groups in total. The van der Waals surface area contributed by atoms with Crippen molar-refractivity contribution in [3.05, 3.63) is 35.1 Å². The van der Waals surface area contributed by atoms with Crippen LogP contribution in [0.25, 0.3) is 0 Å². The molecule has 0 aliphatic heterocycles. The van der Waals surface area contributed by atoms with Crippen molar-refractivity contribution in [2.45, 2.75) is 13.8 Å². The lowest BCUT2D eigenvalue weighted by Crippen LogP contribution is -2.10. The summed E-state index contributed by atoms with van der Waals surface area (Å²) in [6.07, 6.45) is 0. The van der Waals surface area contributed by atoms with Gasteiger partial charge in [0.25, 0.3) is 0 Å². The van der Waals surface area contributed by atoms with Gasteiger partial charge < -0.3 is 0 Å². The molecule has 0 fully saturated rings. The highest BCUT2D eigenvalue weighted by molar-refractivity contribution is 6.00. The number of aryl methyl sites for hydroxylation is 1. The van der Waals surface area contributed by atoms with E-state index in [9.17, 15) is 9.18 Å². The second-order valence-electron chi connectivity index (χ2n) is 3.17. The molecular formula is C11H10FNO. The first-order chi connectivity index (χ1) is 6.56. The van der Waals surface area contributed by atoms with Crippen LogP contribution in [0.5, 0.6) is 0 Å². The highest BCUT2D eigenvalue weighted by Gasteiger charge is 2.16. The third-order valence-electron chi connectivity index (χ3n) is 2.04. The predicted molar refractivity (Wildman–Crippen MR) is 50.2 cm³/mol. The van der Waals surface area contributed by atoms with Crippen molar-refractivity contribution in [2.75, 3.05) is 0 Å². The van der Waals surface area contributed by atoms with Crippen LogP contribution in [0.3, 0.4) is 0 Å². The lowest BCUT2D eigenvalue weighted by molar-refractivity contribution is 0.0956. The molecule has 0 aromatic heterocycles. The van der Waals surface area contributed by atoms with E-state index in [1.807, 2.05) is 6.07 Å². The van der Waals surface area contributed by atoms with Crippen LogP contribution >= 0.6 is 0 Å². The Morgan fingerprint density at radius 2 is 2.21 bits per heavy atom. The van der Waals surface area contributed by atoms with Crippen LogP contribution < -0.4 is 0 Å². The Hall–Kier alpha value is -1.69. The lowest BCUT2D eigenvalue weighted by Gasteiger charge is -2.05. The summed E-state index contributed by atoms with van der Waals surface area (Å²) in [6.45, 7) is 3.19. The molecule has 1 aromatic rings. The molecule has 72 valence electrons. The average molecular weight is 191 g/mol. The Balaban J connectivity index is 3.09. The summed E-state index contributed by atoms with van der Waals surface area (Å²) in [4.78, 5) is 11.6. The maximum absolute atomic E-state index is 12.7. The number of nitrogens with zero attached hydrogens (tertiary/aromatic N) is 1. The van der Waals surface area contributed by atoms with Crippen molar-refractivity contribution in [1.29, 1.82) is 5.26 Å². The Morgan fingerprint density at radius 3 is 2.71 bits per heavy atom. The molecule has 0 amide bonds. The second kappa shape index (κ2) is 4.01. The summed E-state index contributed by atoms with van der Waals surface area (Å²) < 4.78 is 12.7. The molecule has 1 atom stereocenters. The Kier molecular flexibility index (Phi) is 2.98. The summed E-state index contributed by atoms with van der Waals surface area (Å²) >= 11 is 0. The minimum Gasteiger partial charge on any atom is -0.293 e. The van der Waals surface area contributed by atoms with Crippen molar-refractivity contribution in [1.82, 2.24) is 0 Å². The fraction of sp³-hybridized carbons (Fsp3) is 0.273. The zero-order valence-corrected chi connectivity index (χ0v) is 8.04. The smallest absolute Gasteiger partial charge is 0.179 e. The zero-order valence-electron chi connectivity index (χ0n) is 8.04. The third kappa shape index (κ3) is 1.97. The average Bonchev–Trinajstić information content (AvgIpc) is 2.15. The first-order valence-corrected chi connectivity index (χ1v) is 4.26. The molecule has 0 spiro atoms. The topological polar surface area (TPSA) is 40.9 Å². The number of Topliss-reactive ketones (excluding diaryl/α,β-unsaturated/α-hetero) is 1. The Morgan fingerprint density at radius 1 is 1.57 bits per heavy atom. The van der Waals surface area contributed by atoms with Gasteiger partial charge >= 0.3 is 0 Å². The van der Waals surface area contributed by atoms with Gasteiger partial charge in [-0.15, -0.1) is 0 Å². The number of hydrogen-bond acceptors (Lipinski definition) is 2. The van der Waals surface area contributed by atoms with E-state index in [2.05, 4.69) is 0 Å². The van der Waals surface area contributed by atoms with Gasteiger partial charge in [-0.05, 0) is 37.6 Å². The number of carbonyl (C=O) groups is 1. The molecule has 0 aliphatic carbocycles. The molecule has 0 saturated heterocycles. The Bertz CT molecular complexity index is 406. The van der Waals surface area contributed by atoms with E-state index in [0.717, 1.165) is 0 Å². The summed E-state index contributed by atoms with van der Waals surface area (Å²) in [6, 6.07) is 5.79. The summed E-state index contributed by atoms with van der Waals surface area (Å²) in [5.74, 6) is -1.31. The molecule has 1 unspecified atom stereocenters. The van der Waals surface area contributed by atoms with Gasteiger partial charge in [-0.25, -0.2) is 4.39 Å². The van der Waals surface area contributed by atoms with Gasteiger partial charge in [-0.2, -0.15) is 5.26 Å². The van der Waals surface area contributed by atoms with Crippen LogP contribution in [0.15, 0.2) is 18.2 Å². The molecule has 0 saturated carbocycles. The molecule has 14 heavy (non-hydrogen) atoms. The van der Waals surface area contributed by atoms with Crippen molar-refractivity contribution in [2.24, 2.45) is 5.92 Å². The summed E-state index contributed by atoms with van der Waals surface area (Å²) in [7, 11) is 0. The monoisotopic (exact) mass is 191 g/mol. The van der Waals surface area contributed by atoms with E-state index in [1.54, 1.807) is 6.92 Å². The van der Waals surface area contributed by atoms with Crippen LogP contribution in [-0.4, -0.2) is 5.78 Å². The van der Waals surface area contributed by atoms with E-state index in [1.165, 1.54) is 25.1 Å². The number of carbonyl (C=O) groups excluding carboxylic acids is 1. The van der Waals surface area contributed by atoms with Crippen molar-refractivity contribution in [3.8, 4) is 6.07 Å². The van der Waals surface area contributed by atoms with E-state index in [0.29, 0.717) is 11.1 Å². The maximum atomic E-state index is 12.7. The van der Waals surface area contributed by atoms with Gasteiger partial charge in [-0.1, -0.05) is 0 Å². The van der Waals surface area contributed by atoms with E-state index < -0.39 is 5.92 Å². The summed E-state index contributed by atoms with van der Waals surface area (Å²) in [5.41, 5.74) is 0.984. The molecular weight excluding hydrogens is 181 g/mol. The number of hydrogen-bond donors (Lipinski definition) is 0. The van der Waals surface area contributed by atoms with E-state index in [-0.39, 0.29) is 11.6 Å². The second-order valence-corrected chi connectivity index (χ2v) is 3.17. The first kappa shape index (κ1) is 10.4. The zero-order chi connectivity index (χ0) is 10.7.